The number of benzene rings is 2. The van der Waals surface area contributed by atoms with E-state index in [0.717, 1.165) is 11.3 Å². The smallest absolute Gasteiger partial charge is 0.243 e. The van der Waals surface area contributed by atoms with Gasteiger partial charge in [0.05, 0.1) is 16.9 Å². The van der Waals surface area contributed by atoms with Crippen LogP contribution in [0.2, 0.25) is 5.02 Å². The number of carbonyl (C=O) groups excluding carboxylic acids is 1. The third-order valence-corrected chi connectivity index (χ3v) is 8.03. The minimum Gasteiger partial charge on any atom is -0.487 e. The van der Waals surface area contributed by atoms with Crippen molar-refractivity contribution in [2.75, 3.05) is 13.1 Å². The van der Waals surface area contributed by atoms with Crippen molar-refractivity contribution in [3.8, 4) is 5.75 Å². The van der Waals surface area contributed by atoms with Crippen LogP contribution in [0.5, 0.6) is 5.75 Å². The second-order valence-electron chi connectivity index (χ2n) is 8.82. The third-order valence-electron chi connectivity index (χ3n) is 5.90. The molecule has 0 aromatic heterocycles. The van der Waals surface area contributed by atoms with E-state index in [4.69, 9.17) is 16.3 Å². The van der Waals surface area contributed by atoms with Crippen LogP contribution in [0.25, 0.3) is 0 Å². The van der Waals surface area contributed by atoms with Gasteiger partial charge < -0.3 is 10.1 Å². The molecule has 2 aromatic carbocycles. The average Bonchev–Trinajstić information content (AvgIpc) is 2.73. The van der Waals surface area contributed by atoms with Crippen molar-refractivity contribution in [1.29, 1.82) is 0 Å². The van der Waals surface area contributed by atoms with Gasteiger partial charge in [-0.15, -0.1) is 0 Å². The largest absolute Gasteiger partial charge is 0.487 e. The van der Waals surface area contributed by atoms with Crippen LogP contribution >= 0.6 is 11.6 Å². The molecule has 2 heterocycles. The Hall–Kier alpha value is -2.09. The topological polar surface area (TPSA) is 75.7 Å². The van der Waals surface area contributed by atoms with Gasteiger partial charge in [-0.1, -0.05) is 29.8 Å². The SMILES string of the molecule is CC1(C)C[C@H](NC(=O)[C@@H]2CCCN(S(=O)(=O)c3ccc(Cl)cc3)C2)c2ccccc2O1. The Labute approximate surface area is 188 Å². The Morgan fingerprint density at radius 2 is 1.87 bits per heavy atom. The number of ether oxygens (including phenoxy) is 1. The molecule has 1 N–H and O–H groups in total. The lowest BCUT2D eigenvalue weighted by Gasteiger charge is -2.39. The van der Waals surface area contributed by atoms with Crippen molar-refractivity contribution >= 4 is 27.5 Å². The van der Waals surface area contributed by atoms with Crippen molar-refractivity contribution in [3.63, 3.8) is 0 Å². The van der Waals surface area contributed by atoms with Gasteiger partial charge in [-0.3, -0.25) is 4.79 Å². The Kier molecular flexibility index (Phi) is 6.03. The van der Waals surface area contributed by atoms with Gasteiger partial charge in [0.25, 0.3) is 0 Å². The summed E-state index contributed by atoms with van der Waals surface area (Å²) in [5, 5.41) is 3.64. The summed E-state index contributed by atoms with van der Waals surface area (Å²) in [4.78, 5) is 13.3. The second kappa shape index (κ2) is 8.45. The molecule has 0 bridgehead atoms. The van der Waals surface area contributed by atoms with Gasteiger partial charge in [0.15, 0.2) is 0 Å². The summed E-state index contributed by atoms with van der Waals surface area (Å²) in [5.41, 5.74) is 0.555. The van der Waals surface area contributed by atoms with Crippen LogP contribution in [-0.4, -0.2) is 37.3 Å². The maximum Gasteiger partial charge on any atom is 0.243 e. The quantitative estimate of drug-likeness (QED) is 0.740. The molecule has 2 aromatic rings. The highest BCUT2D eigenvalue weighted by Gasteiger charge is 2.37. The molecule has 166 valence electrons. The first-order valence-electron chi connectivity index (χ1n) is 10.5. The summed E-state index contributed by atoms with van der Waals surface area (Å²) in [5.74, 6) is 0.266. The Balaban J connectivity index is 1.49. The molecule has 8 heteroatoms. The zero-order chi connectivity index (χ0) is 22.2. The van der Waals surface area contributed by atoms with Crippen molar-refractivity contribution in [3.05, 3.63) is 59.1 Å². The van der Waals surface area contributed by atoms with E-state index in [2.05, 4.69) is 5.32 Å². The van der Waals surface area contributed by atoms with Gasteiger partial charge >= 0.3 is 0 Å². The summed E-state index contributed by atoms with van der Waals surface area (Å²) < 4.78 is 33.5. The molecule has 2 aliphatic heterocycles. The number of rotatable bonds is 4. The first-order chi connectivity index (χ1) is 14.7. The summed E-state index contributed by atoms with van der Waals surface area (Å²) in [6.45, 7) is 4.58. The van der Waals surface area contributed by atoms with Gasteiger partial charge in [0.2, 0.25) is 15.9 Å². The molecule has 1 fully saturated rings. The maximum atomic E-state index is 13.1. The van der Waals surface area contributed by atoms with Crippen LogP contribution in [0.4, 0.5) is 0 Å². The highest BCUT2D eigenvalue weighted by Crippen LogP contribution is 2.39. The molecule has 0 saturated carbocycles. The minimum absolute atomic E-state index is 0.117. The Bertz CT molecular complexity index is 1070. The van der Waals surface area contributed by atoms with Gasteiger partial charge in [-0.05, 0) is 57.0 Å². The fourth-order valence-corrected chi connectivity index (χ4v) is 6.00. The molecule has 2 aliphatic rings. The van der Waals surface area contributed by atoms with Crippen LogP contribution in [0.1, 0.15) is 44.7 Å². The molecule has 1 saturated heterocycles. The lowest BCUT2D eigenvalue weighted by molar-refractivity contribution is -0.127. The van der Waals surface area contributed by atoms with E-state index in [0.29, 0.717) is 30.8 Å². The monoisotopic (exact) mass is 462 g/mol. The van der Waals surface area contributed by atoms with Crippen LogP contribution in [-0.2, 0) is 14.8 Å². The van der Waals surface area contributed by atoms with E-state index < -0.39 is 21.5 Å². The molecule has 0 aliphatic carbocycles. The fourth-order valence-electron chi connectivity index (χ4n) is 4.35. The molecule has 6 nitrogen and oxygen atoms in total. The minimum atomic E-state index is -3.67. The predicted octanol–water partition coefficient (Wildman–Crippen LogP) is 4.16. The third kappa shape index (κ3) is 4.73. The number of amides is 1. The molecule has 4 rings (SSSR count). The van der Waals surface area contributed by atoms with E-state index in [9.17, 15) is 13.2 Å². The highest BCUT2D eigenvalue weighted by molar-refractivity contribution is 7.89. The summed E-state index contributed by atoms with van der Waals surface area (Å²) in [7, 11) is -3.67. The summed E-state index contributed by atoms with van der Waals surface area (Å²) in [6.07, 6.45) is 1.95. The van der Waals surface area contributed by atoms with Crippen LogP contribution in [0, 0.1) is 5.92 Å². The van der Waals surface area contributed by atoms with Gasteiger partial charge in [-0.2, -0.15) is 4.31 Å². The van der Waals surface area contributed by atoms with Gasteiger partial charge in [-0.25, -0.2) is 8.42 Å². The molecule has 0 spiro atoms. The lowest BCUT2D eigenvalue weighted by atomic mass is 9.89. The Morgan fingerprint density at radius 1 is 1.16 bits per heavy atom. The number of nitrogens with zero attached hydrogens (tertiary/aromatic N) is 1. The van der Waals surface area contributed by atoms with Crippen LogP contribution in [0.3, 0.4) is 0 Å². The van der Waals surface area contributed by atoms with Gasteiger partial charge in [0, 0.05) is 30.1 Å². The molecule has 1 amide bonds. The van der Waals surface area contributed by atoms with Gasteiger partial charge in [0.1, 0.15) is 11.4 Å². The zero-order valence-corrected chi connectivity index (χ0v) is 19.2. The van der Waals surface area contributed by atoms with Crippen LogP contribution < -0.4 is 10.1 Å². The van der Waals surface area contributed by atoms with E-state index in [1.165, 1.54) is 16.4 Å². The van der Waals surface area contributed by atoms with Crippen molar-refractivity contribution in [2.45, 2.75) is 49.6 Å². The molecule has 31 heavy (non-hydrogen) atoms. The lowest BCUT2D eigenvalue weighted by Crippen LogP contribution is -2.47. The van der Waals surface area contributed by atoms with E-state index in [1.54, 1.807) is 12.1 Å². The molecular weight excluding hydrogens is 436 g/mol. The maximum absolute atomic E-state index is 13.1. The first-order valence-corrected chi connectivity index (χ1v) is 12.3. The molecular formula is C23H27ClN2O4S. The number of halogens is 1. The number of carbonyl (C=O) groups is 1. The van der Waals surface area contributed by atoms with E-state index >= 15 is 0 Å². The van der Waals surface area contributed by atoms with E-state index in [-0.39, 0.29) is 23.4 Å². The predicted molar refractivity (Wildman–Crippen MR) is 120 cm³/mol. The number of nitrogens with one attached hydrogen (secondary N) is 1. The number of piperidine rings is 1. The first kappa shape index (κ1) is 22.1. The van der Waals surface area contributed by atoms with Crippen LogP contribution in [0.15, 0.2) is 53.4 Å². The number of hydrogen-bond acceptors (Lipinski definition) is 4. The summed E-state index contributed by atoms with van der Waals surface area (Å²) in [6, 6.07) is 13.7. The number of hydrogen-bond donors (Lipinski definition) is 1. The molecule has 0 unspecified atom stereocenters. The molecule has 0 radical (unpaired) electrons. The Morgan fingerprint density at radius 3 is 2.61 bits per heavy atom. The zero-order valence-electron chi connectivity index (χ0n) is 17.7. The van der Waals surface area contributed by atoms with Crippen molar-refractivity contribution in [1.82, 2.24) is 9.62 Å². The summed E-state index contributed by atoms with van der Waals surface area (Å²) >= 11 is 5.89. The average molecular weight is 463 g/mol. The highest BCUT2D eigenvalue weighted by atomic mass is 35.5. The normalized spacial score (nSPS) is 23.5. The molecule has 2 atom stereocenters. The van der Waals surface area contributed by atoms with Crippen molar-refractivity contribution in [2.24, 2.45) is 5.92 Å². The second-order valence-corrected chi connectivity index (χ2v) is 11.2. The van der Waals surface area contributed by atoms with E-state index in [1.807, 2.05) is 38.1 Å². The number of sulfonamides is 1. The number of para-hydroxylation sites is 1. The standard InChI is InChI=1S/C23H27ClN2O4S/c1-23(2)14-20(19-7-3-4-8-21(19)30-23)25-22(27)16-6-5-13-26(15-16)31(28,29)18-11-9-17(24)10-12-18/h3-4,7-12,16,20H,5-6,13-15H2,1-2H3,(H,25,27)/t16-,20+/m1/s1. The van der Waals surface area contributed by atoms with Crippen molar-refractivity contribution < 1.29 is 17.9 Å². The fraction of sp³-hybridized carbons (Fsp3) is 0.435. The number of fused-ring (bicyclic) bond motifs is 1.